The Morgan fingerprint density at radius 1 is 1.00 bits per heavy atom. The Labute approximate surface area is 168 Å². The van der Waals surface area contributed by atoms with Gasteiger partial charge >= 0.3 is 6.03 Å². The van der Waals surface area contributed by atoms with Crippen molar-refractivity contribution in [3.05, 3.63) is 53.6 Å². The third-order valence-corrected chi connectivity index (χ3v) is 5.24. The van der Waals surface area contributed by atoms with Crippen molar-refractivity contribution in [2.24, 2.45) is 0 Å². The first-order valence-electron chi connectivity index (χ1n) is 9.84. The van der Waals surface area contributed by atoms with Gasteiger partial charge in [0.2, 0.25) is 0 Å². The molecule has 0 unspecified atom stereocenters. The fourth-order valence-corrected chi connectivity index (χ4v) is 3.45. The van der Waals surface area contributed by atoms with Crippen molar-refractivity contribution in [1.82, 2.24) is 4.90 Å². The molecule has 0 aliphatic carbocycles. The van der Waals surface area contributed by atoms with E-state index in [0.29, 0.717) is 13.1 Å². The smallest absolute Gasteiger partial charge is 0.321 e. The molecule has 0 bridgehead atoms. The van der Waals surface area contributed by atoms with Gasteiger partial charge in [0.15, 0.2) is 0 Å². The average molecular weight is 382 g/mol. The molecular weight excluding hydrogens is 350 g/mol. The molecule has 0 atom stereocenters. The van der Waals surface area contributed by atoms with Crippen LogP contribution < -0.4 is 15.0 Å². The molecule has 0 radical (unpaired) electrons. The Morgan fingerprint density at radius 2 is 1.64 bits per heavy atom. The summed E-state index contributed by atoms with van der Waals surface area (Å²) in [5, 5.41) is 3.02. The van der Waals surface area contributed by atoms with Gasteiger partial charge in [0.1, 0.15) is 5.75 Å². The van der Waals surface area contributed by atoms with E-state index in [9.17, 15) is 4.79 Å². The number of nitrogens with zero attached hydrogens (tertiary/aromatic N) is 2. The summed E-state index contributed by atoms with van der Waals surface area (Å²) in [4.78, 5) is 16.8. The highest BCUT2D eigenvalue weighted by Gasteiger charge is 2.23. The number of hydrogen-bond donors (Lipinski definition) is 1. The largest absolute Gasteiger partial charge is 0.495 e. The molecule has 2 amide bonds. The molecule has 28 heavy (non-hydrogen) atoms. The van der Waals surface area contributed by atoms with E-state index in [-0.39, 0.29) is 11.4 Å². The summed E-state index contributed by atoms with van der Waals surface area (Å²) in [5.41, 5.74) is 4.50. The molecule has 2 aromatic carbocycles. The monoisotopic (exact) mass is 381 g/mol. The van der Waals surface area contributed by atoms with Crippen LogP contribution in [0, 0.1) is 6.92 Å². The number of carbonyl (C=O) groups is 1. The molecule has 0 aromatic heterocycles. The van der Waals surface area contributed by atoms with E-state index in [2.05, 4.69) is 62.2 Å². The van der Waals surface area contributed by atoms with E-state index in [1.54, 1.807) is 7.11 Å². The van der Waals surface area contributed by atoms with Crippen molar-refractivity contribution in [2.75, 3.05) is 43.5 Å². The summed E-state index contributed by atoms with van der Waals surface area (Å²) in [7, 11) is 1.70. The Hall–Kier alpha value is -2.69. The lowest BCUT2D eigenvalue weighted by Crippen LogP contribution is -2.50. The van der Waals surface area contributed by atoms with Crippen LogP contribution in [0.3, 0.4) is 0 Å². The van der Waals surface area contributed by atoms with Crippen molar-refractivity contribution in [2.45, 2.75) is 33.1 Å². The molecule has 0 saturated carbocycles. The maximum Gasteiger partial charge on any atom is 0.321 e. The normalized spacial score (nSPS) is 14.8. The van der Waals surface area contributed by atoms with Crippen LogP contribution in [0.1, 0.15) is 31.9 Å². The Balaban J connectivity index is 1.59. The maximum absolute atomic E-state index is 12.6. The zero-order valence-electron chi connectivity index (χ0n) is 17.6. The lowest BCUT2D eigenvalue weighted by Gasteiger charge is -2.36. The molecule has 1 aliphatic rings. The van der Waals surface area contributed by atoms with Crippen molar-refractivity contribution >= 4 is 17.4 Å². The van der Waals surface area contributed by atoms with Crippen molar-refractivity contribution in [3.8, 4) is 5.75 Å². The fourth-order valence-electron chi connectivity index (χ4n) is 3.45. The van der Waals surface area contributed by atoms with E-state index in [1.165, 1.54) is 11.1 Å². The van der Waals surface area contributed by atoms with Crippen molar-refractivity contribution in [1.29, 1.82) is 0 Å². The lowest BCUT2D eigenvalue weighted by molar-refractivity contribution is 0.208. The first-order valence-corrected chi connectivity index (χ1v) is 9.84. The first-order chi connectivity index (χ1) is 13.3. The summed E-state index contributed by atoms with van der Waals surface area (Å²) < 4.78 is 5.51. The van der Waals surface area contributed by atoms with E-state index < -0.39 is 0 Å². The van der Waals surface area contributed by atoms with Crippen LogP contribution in [0.4, 0.5) is 16.2 Å². The number of ether oxygens (including phenoxy) is 1. The van der Waals surface area contributed by atoms with Crippen LogP contribution in [-0.2, 0) is 5.41 Å². The van der Waals surface area contributed by atoms with Gasteiger partial charge in [-0.2, -0.15) is 0 Å². The van der Waals surface area contributed by atoms with Crippen molar-refractivity contribution in [3.63, 3.8) is 0 Å². The van der Waals surface area contributed by atoms with Gasteiger partial charge in [0.25, 0.3) is 0 Å². The number of anilines is 2. The fraction of sp³-hybridized carbons (Fsp3) is 0.435. The quantitative estimate of drug-likeness (QED) is 0.841. The second kappa shape index (κ2) is 8.13. The predicted molar refractivity (Wildman–Crippen MR) is 116 cm³/mol. The highest BCUT2D eigenvalue weighted by Crippen LogP contribution is 2.30. The van der Waals surface area contributed by atoms with Gasteiger partial charge in [-0.15, -0.1) is 0 Å². The number of nitrogens with one attached hydrogen (secondary N) is 1. The summed E-state index contributed by atoms with van der Waals surface area (Å²) >= 11 is 0. The summed E-state index contributed by atoms with van der Waals surface area (Å²) in [6.07, 6.45) is 0. The molecule has 1 fully saturated rings. The minimum atomic E-state index is -0.0423. The number of rotatable bonds is 3. The van der Waals surface area contributed by atoms with Crippen LogP contribution in [-0.4, -0.2) is 44.2 Å². The maximum atomic E-state index is 12.6. The third kappa shape index (κ3) is 4.58. The van der Waals surface area contributed by atoms with Crippen molar-refractivity contribution < 1.29 is 9.53 Å². The summed E-state index contributed by atoms with van der Waals surface area (Å²) in [6.45, 7) is 11.6. The molecule has 1 N–H and O–H groups in total. The number of aryl methyl sites for hydroxylation is 1. The van der Waals surface area contributed by atoms with E-state index in [1.807, 2.05) is 23.1 Å². The zero-order valence-corrected chi connectivity index (χ0v) is 17.6. The number of carbonyl (C=O) groups excluding carboxylic acids is 1. The average Bonchev–Trinajstić information content (AvgIpc) is 2.68. The van der Waals surface area contributed by atoms with Gasteiger partial charge in [0, 0.05) is 31.9 Å². The Kier molecular flexibility index (Phi) is 5.82. The van der Waals surface area contributed by atoms with E-state index >= 15 is 0 Å². The molecule has 1 saturated heterocycles. The number of hydrogen-bond acceptors (Lipinski definition) is 3. The number of amides is 2. The van der Waals surface area contributed by atoms with E-state index in [0.717, 1.165) is 30.2 Å². The topological polar surface area (TPSA) is 44.8 Å². The second-order valence-electron chi connectivity index (χ2n) is 8.41. The van der Waals surface area contributed by atoms with Gasteiger partial charge in [0.05, 0.1) is 12.8 Å². The summed E-state index contributed by atoms with van der Waals surface area (Å²) in [5.74, 6) is 0.877. The number of methoxy groups -OCH3 is 1. The molecule has 1 heterocycles. The third-order valence-electron chi connectivity index (χ3n) is 5.24. The molecule has 2 aromatic rings. The molecule has 5 nitrogen and oxygen atoms in total. The van der Waals surface area contributed by atoms with E-state index in [4.69, 9.17) is 4.74 Å². The highest BCUT2D eigenvalue weighted by molar-refractivity contribution is 5.89. The molecule has 1 aliphatic heterocycles. The lowest BCUT2D eigenvalue weighted by atomic mass is 9.87. The Morgan fingerprint density at radius 3 is 2.21 bits per heavy atom. The number of urea groups is 1. The summed E-state index contributed by atoms with van der Waals surface area (Å²) in [6, 6.07) is 14.3. The van der Waals surface area contributed by atoms with Gasteiger partial charge in [-0.05, 0) is 47.7 Å². The molecule has 5 heteroatoms. The molecule has 0 spiro atoms. The minimum Gasteiger partial charge on any atom is -0.495 e. The van der Waals surface area contributed by atoms with Crippen LogP contribution in [0.5, 0.6) is 5.75 Å². The van der Waals surface area contributed by atoms with Crippen LogP contribution in [0.15, 0.2) is 42.5 Å². The van der Waals surface area contributed by atoms with Gasteiger partial charge < -0.3 is 19.9 Å². The van der Waals surface area contributed by atoms with Gasteiger partial charge in [-0.1, -0.05) is 39.0 Å². The first kappa shape index (κ1) is 20.1. The predicted octanol–water partition coefficient (Wildman–Crippen LogP) is 4.66. The van der Waals surface area contributed by atoms with Crippen LogP contribution in [0.2, 0.25) is 0 Å². The van der Waals surface area contributed by atoms with Crippen LogP contribution >= 0.6 is 0 Å². The molecule has 150 valence electrons. The molecule has 3 rings (SSSR count). The highest BCUT2D eigenvalue weighted by atomic mass is 16.5. The SMILES string of the molecule is COc1ccc(C)cc1N1CCN(C(=O)Nc2ccc(C(C)(C)C)cc2)CC1. The van der Waals surface area contributed by atoms with Crippen LogP contribution in [0.25, 0.3) is 0 Å². The number of benzene rings is 2. The second-order valence-corrected chi connectivity index (χ2v) is 8.41. The van der Waals surface area contributed by atoms with Gasteiger partial charge in [-0.3, -0.25) is 0 Å². The standard InChI is InChI=1S/C23H31N3O2/c1-17-6-11-21(28-5)20(16-17)25-12-14-26(15-13-25)22(27)24-19-9-7-18(8-10-19)23(2,3)4/h6-11,16H,12-15H2,1-5H3,(H,24,27). The van der Waals surface area contributed by atoms with Gasteiger partial charge in [-0.25, -0.2) is 4.79 Å². The number of piperazine rings is 1. The molecular formula is C23H31N3O2. The Bertz CT molecular complexity index is 817. The zero-order chi connectivity index (χ0) is 20.3. The minimum absolute atomic E-state index is 0.0423.